The summed E-state index contributed by atoms with van der Waals surface area (Å²) in [5, 5.41) is 0. The first-order valence-corrected chi connectivity index (χ1v) is 8.97. The van der Waals surface area contributed by atoms with E-state index in [1.807, 2.05) is 0 Å². The van der Waals surface area contributed by atoms with E-state index < -0.39 is 0 Å². The van der Waals surface area contributed by atoms with E-state index in [-0.39, 0.29) is 0 Å². The highest BCUT2D eigenvalue weighted by Crippen LogP contribution is 2.41. The van der Waals surface area contributed by atoms with Gasteiger partial charge in [-0.25, -0.2) is 0 Å². The maximum atomic E-state index is 2.46. The summed E-state index contributed by atoms with van der Waals surface area (Å²) in [7, 11) is 0. The lowest BCUT2D eigenvalue weighted by molar-refractivity contribution is 0.754. The minimum atomic E-state index is 0.543. The van der Waals surface area contributed by atoms with Crippen molar-refractivity contribution in [3.63, 3.8) is 0 Å². The molecule has 2 aromatic rings. The van der Waals surface area contributed by atoms with Crippen LogP contribution in [-0.4, -0.2) is 0 Å². The quantitative estimate of drug-likeness (QED) is 0.594. The largest absolute Gasteiger partial charge is 0.0626 e. The van der Waals surface area contributed by atoms with Gasteiger partial charge in [-0.1, -0.05) is 82.7 Å². The molecule has 3 rings (SSSR count). The monoisotopic (exact) mass is 304 g/mol. The summed E-state index contributed by atoms with van der Waals surface area (Å²) >= 11 is 0. The van der Waals surface area contributed by atoms with Crippen LogP contribution in [-0.2, 0) is 12.8 Å². The predicted molar refractivity (Wildman–Crippen MR) is 102 cm³/mol. The molecule has 2 aromatic carbocycles. The van der Waals surface area contributed by atoms with Crippen LogP contribution < -0.4 is 0 Å². The molecule has 0 nitrogen and oxygen atoms in total. The number of fused-ring (bicyclic) bond motifs is 1. The Hall–Kier alpha value is -1.82. The zero-order chi connectivity index (χ0) is 16.6. The Labute approximate surface area is 141 Å². The summed E-state index contributed by atoms with van der Waals surface area (Å²) in [5.74, 6) is 1.17. The van der Waals surface area contributed by atoms with Crippen LogP contribution in [0.25, 0.3) is 17.2 Å². The van der Waals surface area contributed by atoms with Crippen molar-refractivity contribution in [2.75, 3.05) is 0 Å². The van der Waals surface area contributed by atoms with Gasteiger partial charge in [0.1, 0.15) is 0 Å². The Kier molecular flexibility index (Phi) is 4.43. The molecule has 0 fully saturated rings. The van der Waals surface area contributed by atoms with Gasteiger partial charge < -0.3 is 0 Å². The van der Waals surface area contributed by atoms with Gasteiger partial charge in [0, 0.05) is 0 Å². The van der Waals surface area contributed by atoms with Crippen LogP contribution in [0.1, 0.15) is 62.8 Å². The second-order valence-corrected chi connectivity index (χ2v) is 7.32. The molecule has 0 N–H and O–H groups in total. The van der Waals surface area contributed by atoms with Crippen molar-refractivity contribution >= 4 is 6.08 Å². The lowest BCUT2D eigenvalue weighted by Gasteiger charge is -2.18. The molecule has 0 amide bonds. The molecular formula is C23H28. The van der Waals surface area contributed by atoms with Gasteiger partial charge in [0.15, 0.2) is 0 Å². The van der Waals surface area contributed by atoms with Crippen molar-refractivity contribution in [3.05, 3.63) is 64.2 Å². The third-order valence-electron chi connectivity index (χ3n) is 5.12. The molecule has 0 saturated carbocycles. The van der Waals surface area contributed by atoms with Gasteiger partial charge >= 0.3 is 0 Å². The topological polar surface area (TPSA) is 0 Å². The van der Waals surface area contributed by atoms with Gasteiger partial charge in [-0.05, 0) is 58.1 Å². The summed E-state index contributed by atoms with van der Waals surface area (Å²) in [6.45, 7) is 11.5. The van der Waals surface area contributed by atoms with E-state index in [1.165, 1.54) is 33.4 Å². The van der Waals surface area contributed by atoms with Crippen molar-refractivity contribution in [2.24, 2.45) is 5.92 Å². The summed E-state index contributed by atoms with van der Waals surface area (Å²) < 4.78 is 0. The molecule has 0 spiro atoms. The smallest absolute Gasteiger partial charge is 0.00550 e. The Morgan fingerprint density at radius 2 is 1.65 bits per heavy atom. The normalized spacial score (nSPS) is 13.6. The van der Waals surface area contributed by atoms with Gasteiger partial charge in [0.2, 0.25) is 0 Å². The first-order chi connectivity index (χ1) is 11.0. The van der Waals surface area contributed by atoms with Gasteiger partial charge in [0.25, 0.3) is 0 Å². The second kappa shape index (κ2) is 6.35. The number of aryl methyl sites for hydroxylation is 1. The van der Waals surface area contributed by atoms with E-state index in [9.17, 15) is 0 Å². The maximum absolute atomic E-state index is 2.46. The highest BCUT2D eigenvalue weighted by atomic mass is 14.3. The first-order valence-electron chi connectivity index (χ1n) is 8.97. The van der Waals surface area contributed by atoms with Crippen LogP contribution in [0.15, 0.2) is 42.0 Å². The maximum Gasteiger partial charge on any atom is -0.00550 e. The van der Waals surface area contributed by atoms with E-state index in [2.05, 4.69) is 77.1 Å². The Bertz CT molecular complexity index is 745. The van der Waals surface area contributed by atoms with Crippen molar-refractivity contribution in [1.29, 1.82) is 0 Å². The van der Waals surface area contributed by atoms with Gasteiger partial charge in [0.05, 0.1) is 0 Å². The van der Waals surface area contributed by atoms with E-state index in [0.29, 0.717) is 11.8 Å². The zero-order valence-electron chi connectivity index (χ0n) is 15.1. The summed E-state index contributed by atoms with van der Waals surface area (Å²) in [6, 6.07) is 13.7. The molecule has 1 aliphatic carbocycles. The van der Waals surface area contributed by atoms with Crippen LogP contribution in [0.3, 0.4) is 0 Å². The zero-order valence-corrected chi connectivity index (χ0v) is 15.1. The van der Waals surface area contributed by atoms with Crippen LogP contribution in [0.2, 0.25) is 0 Å². The van der Waals surface area contributed by atoms with Gasteiger partial charge in [-0.2, -0.15) is 0 Å². The van der Waals surface area contributed by atoms with E-state index in [4.69, 9.17) is 0 Å². The molecule has 0 saturated heterocycles. The fourth-order valence-corrected chi connectivity index (χ4v) is 3.69. The fraction of sp³-hybridized carbons (Fsp3) is 0.391. The second-order valence-electron chi connectivity index (χ2n) is 7.32. The molecule has 23 heavy (non-hydrogen) atoms. The summed E-state index contributed by atoms with van der Waals surface area (Å²) in [4.78, 5) is 0. The number of hydrogen-bond acceptors (Lipinski definition) is 0. The number of hydrogen-bond donors (Lipinski definition) is 0. The van der Waals surface area contributed by atoms with Crippen LogP contribution >= 0.6 is 0 Å². The molecule has 0 atom stereocenters. The average Bonchev–Trinajstić information content (AvgIpc) is 2.98. The highest BCUT2D eigenvalue weighted by molar-refractivity contribution is 5.85. The van der Waals surface area contributed by atoms with E-state index in [1.54, 1.807) is 5.57 Å². The molecule has 0 heterocycles. The van der Waals surface area contributed by atoms with Crippen molar-refractivity contribution < 1.29 is 0 Å². The Balaban J connectivity index is 2.27. The molecule has 0 unspecified atom stereocenters. The van der Waals surface area contributed by atoms with Gasteiger partial charge in [-0.15, -0.1) is 0 Å². The molecule has 0 heteroatoms. The molecular weight excluding hydrogens is 276 g/mol. The number of rotatable bonds is 4. The molecule has 1 aliphatic rings. The Morgan fingerprint density at radius 3 is 2.30 bits per heavy atom. The van der Waals surface area contributed by atoms with E-state index >= 15 is 0 Å². The van der Waals surface area contributed by atoms with E-state index in [0.717, 1.165) is 12.8 Å². The standard InChI is InChI=1S/C23H28/c1-6-17-11-12-18-13-19(15(2)3)14-22(18)23(17)21-10-8-7-9-20(21)16(4)5/h7-12,14-16H,6,13H2,1-5H3. The molecule has 0 bridgehead atoms. The van der Waals surface area contributed by atoms with Crippen molar-refractivity contribution in [3.8, 4) is 11.1 Å². The van der Waals surface area contributed by atoms with Crippen LogP contribution in [0.4, 0.5) is 0 Å². The minimum Gasteiger partial charge on any atom is -0.0626 e. The third-order valence-corrected chi connectivity index (χ3v) is 5.12. The van der Waals surface area contributed by atoms with Gasteiger partial charge in [-0.3, -0.25) is 0 Å². The van der Waals surface area contributed by atoms with Crippen LogP contribution in [0.5, 0.6) is 0 Å². The molecule has 0 aliphatic heterocycles. The number of benzene rings is 2. The first kappa shape index (κ1) is 16.1. The molecule has 120 valence electrons. The molecule has 0 aromatic heterocycles. The van der Waals surface area contributed by atoms with Crippen LogP contribution in [0, 0.1) is 5.92 Å². The fourth-order valence-electron chi connectivity index (χ4n) is 3.69. The third kappa shape index (κ3) is 2.87. The van der Waals surface area contributed by atoms with Crippen molar-refractivity contribution in [2.45, 2.75) is 53.4 Å². The highest BCUT2D eigenvalue weighted by Gasteiger charge is 2.22. The van der Waals surface area contributed by atoms with Crippen molar-refractivity contribution in [1.82, 2.24) is 0 Å². The summed E-state index contributed by atoms with van der Waals surface area (Å²) in [5.41, 5.74) is 10.4. The lowest BCUT2D eigenvalue weighted by atomic mass is 9.86. The summed E-state index contributed by atoms with van der Waals surface area (Å²) in [6.07, 6.45) is 4.67. The number of allylic oxidation sites excluding steroid dienone is 1. The predicted octanol–water partition coefficient (Wildman–Crippen LogP) is 6.63. The SMILES string of the molecule is CCc1ccc2c(c1-c1ccccc1C(C)C)C=C(C(C)C)C2. The molecule has 0 radical (unpaired) electrons. The Morgan fingerprint density at radius 1 is 0.913 bits per heavy atom. The minimum absolute atomic E-state index is 0.543. The lowest BCUT2D eigenvalue weighted by Crippen LogP contribution is -1.99. The average molecular weight is 304 g/mol.